The van der Waals surface area contributed by atoms with Gasteiger partial charge in [-0.2, -0.15) is 0 Å². The number of H-pyrrole nitrogens is 1. The lowest BCUT2D eigenvalue weighted by atomic mass is 10.2. The van der Waals surface area contributed by atoms with Gasteiger partial charge in [-0.15, -0.1) is 5.10 Å². The van der Waals surface area contributed by atoms with Crippen molar-refractivity contribution in [2.45, 2.75) is 30.5 Å². The minimum absolute atomic E-state index is 0.00976. The normalized spacial score (nSPS) is 13.8. The predicted octanol–water partition coefficient (Wildman–Crippen LogP) is 2.16. The van der Waals surface area contributed by atoms with Crippen LogP contribution < -0.4 is 10.2 Å². The Kier molecular flexibility index (Phi) is 4.85. The van der Waals surface area contributed by atoms with Crippen molar-refractivity contribution in [3.63, 3.8) is 0 Å². The third-order valence-corrected chi connectivity index (χ3v) is 4.57. The van der Waals surface area contributed by atoms with E-state index in [0.717, 1.165) is 17.1 Å². The van der Waals surface area contributed by atoms with Gasteiger partial charge in [0.2, 0.25) is 11.1 Å². The molecule has 0 spiro atoms. The summed E-state index contributed by atoms with van der Waals surface area (Å²) >= 11 is 1.36. The van der Waals surface area contributed by atoms with Crippen LogP contribution in [0.3, 0.4) is 0 Å². The van der Waals surface area contributed by atoms with Crippen LogP contribution in [0.4, 0.5) is 5.69 Å². The molecular weight excluding hydrogens is 310 g/mol. The van der Waals surface area contributed by atoms with Gasteiger partial charge < -0.3 is 10.2 Å². The lowest BCUT2D eigenvalue weighted by molar-refractivity contribution is -0.118. The molecule has 23 heavy (non-hydrogen) atoms. The van der Waals surface area contributed by atoms with Crippen LogP contribution in [0.2, 0.25) is 0 Å². The number of carbonyl (C=O) groups excluding carboxylic acids is 1. The molecule has 1 heterocycles. The van der Waals surface area contributed by atoms with Gasteiger partial charge >= 0.3 is 0 Å². The fourth-order valence-electron chi connectivity index (χ4n) is 2.16. The van der Waals surface area contributed by atoms with Gasteiger partial charge in [0.25, 0.3) is 0 Å². The van der Waals surface area contributed by atoms with Crippen LogP contribution in [0.25, 0.3) is 0 Å². The van der Waals surface area contributed by atoms with Crippen molar-refractivity contribution in [2.24, 2.45) is 0 Å². The molecule has 1 aliphatic rings. The molecule has 1 aromatic heterocycles. The van der Waals surface area contributed by atoms with E-state index in [4.69, 9.17) is 0 Å². The topological polar surface area (TPSA) is 73.9 Å². The summed E-state index contributed by atoms with van der Waals surface area (Å²) in [5.41, 5.74) is 2.23. The van der Waals surface area contributed by atoms with Crippen molar-refractivity contribution in [2.75, 3.05) is 24.7 Å². The van der Waals surface area contributed by atoms with Gasteiger partial charge in [-0.3, -0.25) is 9.89 Å². The number of carbonyl (C=O) groups is 1. The Morgan fingerprint density at radius 2 is 2.09 bits per heavy atom. The molecular formula is C16H21N5OS. The maximum absolute atomic E-state index is 11.9. The van der Waals surface area contributed by atoms with Crippen LogP contribution in [-0.4, -0.2) is 40.9 Å². The lowest BCUT2D eigenvalue weighted by Gasteiger charge is -2.12. The number of anilines is 1. The van der Waals surface area contributed by atoms with E-state index < -0.39 is 0 Å². The Labute approximate surface area is 140 Å². The van der Waals surface area contributed by atoms with Gasteiger partial charge in [0.15, 0.2) is 0 Å². The van der Waals surface area contributed by atoms with Crippen LogP contribution in [0.5, 0.6) is 0 Å². The summed E-state index contributed by atoms with van der Waals surface area (Å²) in [6.07, 6.45) is 2.37. The molecule has 2 N–H and O–H groups in total. The van der Waals surface area contributed by atoms with E-state index in [0.29, 0.717) is 23.4 Å². The highest BCUT2D eigenvalue weighted by Crippen LogP contribution is 2.38. The van der Waals surface area contributed by atoms with Crippen molar-refractivity contribution in [3.05, 3.63) is 35.7 Å². The number of nitrogens with one attached hydrogen (secondary N) is 2. The first-order chi connectivity index (χ1) is 11.1. The summed E-state index contributed by atoms with van der Waals surface area (Å²) in [6, 6.07) is 8.15. The summed E-state index contributed by atoms with van der Waals surface area (Å²) < 4.78 is 0. The zero-order valence-electron chi connectivity index (χ0n) is 13.4. The highest BCUT2D eigenvalue weighted by atomic mass is 32.2. The van der Waals surface area contributed by atoms with Gasteiger partial charge in [0.05, 0.1) is 5.75 Å². The molecule has 0 radical (unpaired) electrons. The standard InChI is InChI=1S/C16H21N5OS/c1-21(2)13-7-3-11(4-8-13)9-17-14(22)10-23-16-18-15(19-20-16)12-5-6-12/h3-4,7-8,12H,5-6,9-10H2,1-2H3,(H,17,22)(H,18,19,20). The molecule has 0 bridgehead atoms. The van der Waals surface area contributed by atoms with E-state index in [2.05, 4.69) is 20.5 Å². The number of hydrogen-bond donors (Lipinski definition) is 2. The molecule has 1 aliphatic carbocycles. The second-order valence-electron chi connectivity index (χ2n) is 5.90. The highest BCUT2D eigenvalue weighted by molar-refractivity contribution is 7.99. The third-order valence-electron chi connectivity index (χ3n) is 3.72. The molecule has 122 valence electrons. The summed E-state index contributed by atoms with van der Waals surface area (Å²) in [7, 11) is 4.01. The number of amides is 1. The quantitative estimate of drug-likeness (QED) is 0.761. The lowest BCUT2D eigenvalue weighted by Crippen LogP contribution is -2.24. The maximum Gasteiger partial charge on any atom is 0.230 e. The number of aromatic nitrogens is 3. The average Bonchev–Trinajstić information content (AvgIpc) is 3.30. The van der Waals surface area contributed by atoms with Crippen molar-refractivity contribution in [1.29, 1.82) is 0 Å². The van der Waals surface area contributed by atoms with E-state index in [1.54, 1.807) is 0 Å². The molecule has 1 amide bonds. The van der Waals surface area contributed by atoms with E-state index in [1.165, 1.54) is 24.6 Å². The van der Waals surface area contributed by atoms with Crippen LogP contribution in [0.15, 0.2) is 29.4 Å². The van der Waals surface area contributed by atoms with Crippen LogP contribution in [0, 0.1) is 0 Å². The molecule has 0 unspecified atom stereocenters. The minimum atomic E-state index is -0.00976. The fraction of sp³-hybridized carbons (Fsp3) is 0.438. The molecule has 1 aromatic carbocycles. The van der Waals surface area contributed by atoms with Crippen molar-refractivity contribution < 1.29 is 4.79 Å². The highest BCUT2D eigenvalue weighted by Gasteiger charge is 2.27. The number of rotatable bonds is 7. The van der Waals surface area contributed by atoms with E-state index in [1.807, 2.05) is 43.3 Å². The molecule has 2 aromatic rings. The zero-order valence-corrected chi connectivity index (χ0v) is 14.2. The van der Waals surface area contributed by atoms with E-state index in [-0.39, 0.29) is 5.91 Å². The van der Waals surface area contributed by atoms with Gasteiger partial charge in [0, 0.05) is 32.2 Å². The average molecular weight is 331 g/mol. The number of benzene rings is 1. The first-order valence-corrected chi connectivity index (χ1v) is 8.68. The third kappa shape index (κ3) is 4.48. The molecule has 1 fully saturated rings. The van der Waals surface area contributed by atoms with Crippen molar-refractivity contribution in [1.82, 2.24) is 20.5 Å². The van der Waals surface area contributed by atoms with Crippen LogP contribution in [0.1, 0.15) is 30.1 Å². The number of aromatic amines is 1. The van der Waals surface area contributed by atoms with Crippen molar-refractivity contribution >= 4 is 23.4 Å². The Balaban J connectivity index is 1.41. The zero-order chi connectivity index (χ0) is 16.2. The molecule has 1 saturated carbocycles. The molecule has 0 saturated heterocycles. The van der Waals surface area contributed by atoms with Gasteiger partial charge in [-0.25, -0.2) is 4.98 Å². The van der Waals surface area contributed by atoms with Crippen LogP contribution >= 0.6 is 11.8 Å². The van der Waals surface area contributed by atoms with Gasteiger partial charge in [0.1, 0.15) is 5.82 Å². The molecule has 3 rings (SSSR count). The first kappa shape index (κ1) is 15.9. The second kappa shape index (κ2) is 7.04. The Hall–Kier alpha value is -2.02. The monoisotopic (exact) mass is 331 g/mol. The van der Waals surface area contributed by atoms with Gasteiger partial charge in [-0.05, 0) is 30.5 Å². The van der Waals surface area contributed by atoms with Crippen LogP contribution in [-0.2, 0) is 11.3 Å². The predicted molar refractivity (Wildman–Crippen MR) is 91.7 cm³/mol. The molecule has 6 nitrogen and oxygen atoms in total. The molecule has 0 aliphatic heterocycles. The van der Waals surface area contributed by atoms with E-state index in [9.17, 15) is 4.79 Å². The number of hydrogen-bond acceptors (Lipinski definition) is 5. The summed E-state index contributed by atoms with van der Waals surface area (Å²) in [5.74, 6) is 1.83. The van der Waals surface area contributed by atoms with Crippen molar-refractivity contribution in [3.8, 4) is 0 Å². The van der Waals surface area contributed by atoms with Gasteiger partial charge in [-0.1, -0.05) is 23.9 Å². The Morgan fingerprint density at radius 1 is 1.35 bits per heavy atom. The number of thioether (sulfide) groups is 1. The first-order valence-electron chi connectivity index (χ1n) is 7.70. The summed E-state index contributed by atoms with van der Waals surface area (Å²) in [6.45, 7) is 0.536. The second-order valence-corrected chi connectivity index (χ2v) is 6.85. The summed E-state index contributed by atoms with van der Waals surface area (Å²) in [5, 5.41) is 10.7. The minimum Gasteiger partial charge on any atom is -0.378 e. The maximum atomic E-state index is 11.9. The Bertz CT molecular complexity index is 663. The number of nitrogens with zero attached hydrogens (tertiary/aromatic N) is 3. The smallest absolute Gasteiger partial charge is 0.230 e. The molecule has 0 atom stereocenters. The SMILES string of the molecule is CN(C)c1ccc(CNC(=O)CSc2n[nH]c(C3CC3)n2)cc1. The largest absolute Gasteiger partial charge is 0.378 e. The molecule has 7 heteroatoms. The fourth-order valence-corrected chi connectivity index (χ4v) is 2.79. The van der Waals surface area contributed by atoms with E-state index >= 15 is 0 Å². The summed E-state index contributed by atoms with van der Waals surface area (Å²) in [4.78, 5) is 18.4. The Morgan fingerprint density at radius 3 is 2.74 bits per heavy atom.